The normalized spacial score (nSPS) is 11.6. The molecule has 0 spiro atoms. The van der Waals surface area contributed by atoms with Crippen molar-refractivity contribution in [1.29, 1.82) is 0 Å². The molecule has 0 atom stereocenters. The average Bonchev–Trinajstić information content (AvgIpc) is 2.43. The fourth-order valence-electron chi connectivity index (χ4n) is 1.15. The van der Waals surface area contributed by atoms with Crippen LogP contribution in [0.5, 0.6) is 5.75 Å². The van der Waals surface area contributed by atoms with Gasteiger partial charge in [-0.1, -0.05) is 12.6 Å². The standard InChI is InChI=1S/C12H10F2O7S/c1-2-10(15)21-9-5-3-4-8(6-9)11(16)20-7-12(13,14)22(17,18)19/h2-6H,1,7H2,(H,17,18,19). The number of ether oxygens (including phenoxy) is 2. The van der Waals surface area contributed by atoms with Crippen LogP contribution < -0.4 is 4.74 Å². The Bertz CT molecular complexity index is 697. The van der Waals surface area contributed by atoms with Crippen LogP contribution in [0.25, 0.3) is 0 Å². The Kier molecular flexibility index (Phi) is 5.33. The summed E-state index contributed by atoms with van der Waals surface area (Å²) in [5.74, 6) is -2.16. The van der Waals surface area contributed by atoms with Crippen molar-refractivity contribution in [2.24, 2.45) is 0 Å². The Balaban J connectivity index is 2.80. The summed E-state index contributed by atoms with van der Waals surface area (Å²) in [6.07, 6.45) is 0.873. The molecule has 1 aromatic carbocycles. The molecule has 0 aliphatic heterocycles. The maximum Gasteiger partial charge on any atom is 0.402 e. The minimum Gasteiger partial charge on any atom is -0.454 e. The van der Waals surface area contributed by atoms with Crippen molar-refractivity contribution in [2.75, 3.05) is 6.61 Å². The second-order valence-electron chi connectivity index (χ2n) is 3.84. The van der Waals surface area contributed by atoms with Crippen LogP contribution in [0.2, 0.25) is 0 Å². The van der Waals surface area contributed by atoms with Crippen LogP contribution in [-0.2, 0) is 19.6 Å². The number of carbonyl (C=O) groups is 2. The predicted molar refractivity (Wildman–Crippen MR) is 69.1 cm³/mol. The van der Waals surface area contributed by atoms with Gasteiger partial charge in [-0.05, 0) is 18.2 Å². The van der Waals surface area contributed by atoms with Gasteiger partial charge in [0.05, 0.1) is 5.56 Å². The molecule has 1 aromatic rings. The summed E-state index contributed by atoms with van der Waals surface area (Å²) in [7, 11) is -5.70. The maximum atomic E-state index is 12.9. The molecule has 120 valence electrons. The topological polar surface area (TPSA) is 107 Å². The van der Waals surface area contributed by atoms with Gasteiger partial charge in [0.25, 0.3) is 0 Å². The van der Waals surface area contributed by atoms with E-state index in [9.17, 15) is 26.8 Å². The lowest BCUT2D eigenvalue weighted by molar-refractivity contribution is -0.128. The molecule has 0 aliphatic carbocycles. The van der Waals surface area contributed by atoms with Crippen molar-refractivity contribution in [3.05, 3.63) is 42.5 Å². The van der Waals surface area contributed by atoms with Crippen molar-refractivity contribution in [1.82, 2.24) is 0 Å². The van der Waals surface area contributed by atoms with Crippen molar-refractivity contribution in [3.63, 3.8) is 0 Å². The maximum absolute atomic E-state index is 12.9. The molecule has 0 unspecified atom stereocenters. The lowest BCUT2D eigenvalue weighted by Gasteiger charge is -2.13. The molecule has 0 aliphatic rings. The van der Waals surface area contributed by atoms with Gasteiger partial charge < -0.3 is 9.47 Å². The Hall–Kier alpha value is -2.33. The number of hydrogen-bond acceptors (Lipinski definition) is 6. The third-order valence-electron chi connectivity index (χ3n) is 2.20. The quantitative estimate of drug-likeness (QED) is 0.362. The number of rotatable bonds is 6. The van der Waals surface area contributed by atoms with Gasteiger partial charge in [-0.3, -0.25) is 4.55 Å². The molecule has 0 saturated heterocycles. The Morgan fingerprint density at radius 2 is 2.00 bits per heavy atom. The van der Waals surface area contributed by atoms with Gasteiger partial charge in [0.15, 0.2) is 6.61 Å². The summed E-state index contributed by atoms with van der Waals surface area (Å²) in [5.41, 5.74) is -0.263. The van der Waals surface area contributed by atoms with E-state index in [1.54, 1.807) is 0 Å². The number of benzene rings is 1. The van der Waals surface area contributed by atoms with Gasteiger partial charge in [-0.15, -0.1) is 0 Å². The second-order valence-corrected chi connectivity index (χ2v) is 5.39. The first-order valence-electron chi connectivity index (χ1n) is 5.53. The number of esters is 2. The smallest absolute Gasteiger partial charge is 0.402 e. The van der Waals surface area contributed by atoms with Crippen molar-refractivity contribution < 1.29 is 40.8 Å². The molecular weight excluding hydrogens is 326 g/mol. The molecule has 0 saturated carbocycles. The fraction of sp³-hybridized carbons (Fsp3) is 0.167. The van der Waals surface area contributed by atoms with Gasteiger partial charge in [0.1, 0.15) is 5.75 Å². The Labute approximate surface area is 123 Å². The lowest BCUT2D eigenvalue weighted by atomic mass is 10.2. The SMILES string of the molecule is C=CC(=O)Oc1cccc(C(=O)OCC(F)(F)S(=O)(=O)O)c1. The van der Waals surface area contributed by atoms with E-state index in [1.165, 1.54) is 18.2 Å². The molecule has 0 heterocycles. The largest absolute Gasteiger partial charge is 0.454 e. The zero-order chi connectivity index (χ0) is 17.0. The number of hydrogen-bond donors (Lipinski definition) is 1. The molecule has 0 bridgehead atoms. The van der Waals surface area contributed by atoms with E-state index >= 15 is 0 Å². The zero-order valence-electron chi connectivity index (χ0n) is 10.9. The fourth-order valence-corrected chi connectivity index (χ4v) is 1.36. The summed E-state index contributed by atoms with van der Waals surface area (Å²) in [4.78, 5) is 22.5. The Morgan fingerprint density at radius 3 is 2.55 bits per heavy atom. The minimum absolute atomic E-state index is 0.0686. The van der Waals surface area contributed by atoms with E-state index in [0.29, 0.717) is 0 Å². The monoisotopic (exact) mass is 336 g/mol. The molecule has 0 aromatic heterocycles. The van der Waals surface area contributed by atoms with Crippen LogP contribution in [0.4, 0.5) is 8.78 Å². The molecule has 22 heavy (non-hydrogen) atoms. The first kappa shape index (κ1) is 17.7. The predicted octanol–water partition coefficient (Wildman–Crippen LogP) is 1.42. The zero-order valence-corrected chi connectivity index (χ0v) is 11.7. The average molecular weight is 336 g/mol. The van der Waals surface area contributed by atoms with Crippen LogP contribution in [0.3, 0.4) is 0 Å². The van der Waals surface area contributed by atoms with Crippen LogP contribution in [-0.4, -0.2) is 36.8 Å². The summed E-state index contributed by atoms with van der Waals surface area (Å²) in [6, 6.07) is 4.78. The van der Waals surface area contributed by atoms with Gasteiger partial charge >= 0.3 is 27.3 Å². The molecule has 10 heteroatoms. The first-order valence-corrected chi connectivity index (χ1v) is 6.97. The van der Waals surface area contributed by atoms with Crippen molar-refractivity contribution >= 4 is 22.1 Å². The highest BCUT2D eigenvalue weighted by molar-refractivity contribution is 7.86. The molecule has 7 nitrogen and oxygen atoms in total. The third kappa shape index (κ3) is 4.60. The highest BCUT2D eigenvalue weighted by Gasteiger charge is 2.45. The van der Waals surface area contributed by atoms with E-state index in [-0.39, 0.29) is 11.3 Å². The molecule has 0 fully saturated rings. The van der Waals surface area contributed by atoms with Gasteiger partial charge in [0, 0.05) is 6.08 Å². The number of carbonyl (C=O) groups excluding carboxylic acids is 2. The van der Waals surface area contributed by atoms with E-state index in [4.69, 9.17) is 9.29 Å². The summed E-state index contributed by atoms with van der Waals surface area (Å²) >= 11 is 0. The molecular formula is C12H10F2O7S. The lowest BCUT2D eigenvalue weighted by Crippen LogP contribution is -2.34. The number of alkyl halides is 2. The van der Waals surface area contributed by atoms with Crippen LogP contribution in [0.15, 0.2) is 36.9 Å². The van der Waals surface area contributed by atoms with E-state index < -0.39 is 33.9 Å². The third-order valence-corrected chi connectivity index (χ3v) is 3.08. The summed E-state index contributed by atoms with van der Waals surface area (Å²) < 4.78 is 63.6. The van der Waals surface area contributed by atoms with E-state index in [1.807, 2.05) is 0 Å². The molecule has 1 rings (SSSR count). The van der Waals surface area contributed by atoms with Crippen LogP contribution in [0.1, 0.15) is 10.4 Å². The molecule has 1 N–H and O–H groups in total. The first-order chi connectivity index (χ1) is 10.1. The van der Waals surface area contributed by atoms with Crippen molar-refractivity contribution in [2.45, 2.75) is 5.25 Å². The summed E-state index contributed by atoms with van der Waals surface area (Å²) in [6.45, 7) is 1.30. The van der Waals surface area contributed by atoms with Crippen LogP contribution in [0, 0.1) is 0 Å². The molecule has 0 amide bonds. The highest BCUT2D eigenvalue weighted by Crippen LogP contribution is 2.22. The second kappa shape index (κ2) is 6.62. The molecule has 0 radical (unpaired) electrons. The minimum atomic E-state index is -5.70. The van der Waals surface area contributed by atoms with Gasteiger partial charge in [-0.25, -0.2) is 9.59 Å². The van der Waals surface area contributed by atoms with Crippen molar-refractivity contribution in [3.8, 4) is 5.75 Å². The highest BCUT2D eigenvalue weighted by atomic mass is 32.2. The van der Waals surface area contributed by atoms with E-state index in [0.717, 1.165) is 12.1 Å². The van der Waals surface area contributed by atoms with Gasteiger partial charge in [0.2, 0.25) is 0 Å². The Morgan fingerprint density at radius 1 is 1.36 bits per heavy atom. The number of halogens is 2. The summed E-state index contributed by atoms with van der Waals surface area (Å²) in [5, 5.41) is -4.63. The van der Waals surface area contributed by atoms with Crippen LogP contribution >= 0.6 is 0 Å². The van der Waals surface area contributed by atoms with Gasteiger partial charge in [-0.2, -0.15) is 17.2 Å². The van der Waals surface area contributed by atoms with E-state index in [2.05, 4.69) is 11.3 Å².